The van der Waals surface area contributed by atoms with Gasteiger partial charge in [0.1, 0.15) is 0 Å². The van der Waals surface area contributed by atoms with E-state index in [0.717, 1.165) is 0 Å². The Balaban J connectivity index is 0.932. The van der Waals surface area contributed by atoms with Crippen molar-refractivity contribution in [1.29, 1.82) is 0 Å². The molecule has 326 valence electrons. The molecule has 0 fully saturated rings. The molecule has 0 nitrogen and oxygen atoms in total. The van der Waals surface area contributed by atoms with Crippen LogP contribution < -0.4 is 0 Å². The average molecular weight is 895 g/mol. The van der Waals surface area contributed by atoms with Gasteiger partial charge in [0.05, 0.1) is 5.41 Å². The van der Waals surface area contributed by atoms with E-state index >= 15 is 0 Å². The van der Waals surface area contributed by atoms with E-state index in [1.807, 2.05) is 0 Å². The van der Waals surface area contributed by atoms with E-state index in [2.05, 4.69) is 255 Å². The zero-order valence-electron chi connectivity index (χ0n) is 38.7. The fraction of sp³-hybridized carbons (Fsp3) is 0.0141. The van der Waals surface area contributed by atoms with Gasteiger partial charge in [-0.1, -0.05) is 243 Å². The molecule has 1 spiro atoms. The first-order valence-electron chi connectivity index (χ1n) is 24.9. The maximum absolute atomic E-state index is 2.48. The van der Waals surface area contributed by atoms with Crippen LogP contribution in [0, 0.1) is 0 Å². The first kappa shape index (κ1) is 38.8. The second kappa shape index (κ2) is 14.5. The van der Waals surface area contributed by atoms with Crippen LogP contribution in [0.3, 0.4) is 0 Å². The molecule has 0 bridgehead atoms. The lowest BCUT2D eigenvalue weighted by Crippen LogP contribution is -2.26. The number of hydrogen-bond donors (Lipinski definition) is 0. The van der Waals surface area contributed by atoms with Crippen LogP contribution in [0.15, 0.2) is 255 Å². The summed E-state index contributed by atoms with van der Waals surface area (Å²) in [6.45, 7) is 0. The molecule has 0 heteroatoms. The van der Waals surface area contributed by atoms with Gasteiger partial charge in [-0.3, -0.25) is 0 Å². The number of benzene rings is 14. The summed E-state index contributed by atoms with van der Waals surface area (Å²) in [6.07, 6.45) is 0. The molecule has 14 aromatic carbocycles. The monoisotopic (exact) mass is 894 g/mol. The molecule has 0 unspecified atom stereocenters. The molecular formula is C71H42. The number of hydrogen-bond acceptors (Lipinski definition) is 0. The minimum absolute atomic E-state index is 0.539. The van der Waals surface area contributed by atoms with E-state index in [9.17, 15) is 0 Å². The zero-order chi connectivity index (χ0) is 46.4. The standard InChI is InChI=1S/C71H42/c1-2-18-46-41-48(38-35-43(46)17-1)66-58-28-10-8-26-56(58)65(57-27-9-11-29-59(57)66)45-36-33-44(34-37-45)47-39-40-61-62(42-47)51-21-4-7-25-55(51)68-67-54-24-6-3-19-49(54)50-20-5-12-30-60(50)69(67)71(70(61)68)63-31-15-13-22-52(63)53-23-14-16-32-64(53)71/h1-42H. The van der Waals surface area contributed by atoms with Crippen molar-refractivity contribution in [2.24, 2.45) is 0 Å². The third-order valence-corrected chi connectivity index (χ3v) is 16.4. The SMILES string of the molecule is c1ccc2c(c1)-c1ccccc1C21c2c(c3ccccc3c3ccccc23)-c2c1c1ccc(-c3ccc(-c4c5ccccc5c(-c5ccc6ccccc6c5)c5ccccc45)cc3)cc1c1ccccc21. The highest BCUT2D eigenvalue weighted by Crippen LogP contribution is 2.68. The van der Waals surface area contributed by atoms with Gasteiger partial charge in [0, 0.05) is 0 Å². The predicted octanol–water partition coefficient (Wildman–Crippen LogP) is 19.1. The van der Waals surface area contributed by atoms with Crippen LogP contribution in [-0.4, -0.2) is 0 Å². The first-order valence-corrected chi connectivity index (χ1v) is 24.9. The Bertz CT molecular complexity index is 4520. The Kier molecular flexibility index (Phi) is 7.91. The van der Waals surface area contributed by atoms with Crippen LogP contribution in [0.1, 0.15) is 22.3 Å². The van der Waals surface area contributed by atoms with E-state index < -0.39 is 5.41 Å². The maximum Gasteiger partial charge on any atom is 0.0738 e. The zero-order valence-corrected chi connectivity index (χ0v) is 38.7. The van der Waals surface area contributed by atoms with E-state index in [1.165, 1.54) is 153 Å². The summed E-state index contributed by atoms with van der Waals surface area (Å²) < 4.78 is 0. The molecule has 14 aromatic rings. The highest BCUT2D eigenvalue weighted by atomic mass is 14.5. The lowest BCUT2D eigenvalue weighted by atomic mass is 9.68. The van der Waals surface area contributed by atoms with Crippen molar-refractivity contribution in [2.45, 2.75) is 5.41 Å². The lowest BCUT2D eigenvalue weighted by molar-refractivity contribution is 0.810. The van der Waals surface area contributed by atoms with Crippen molar-refractivity contribution < 1.29 is 0 Å². The van der Waals surface area contributed by atoms with Crippen LogP contribution >= 0.6 is 0 Å². The van der Waals surface area contributed by atoms with Gasteiger partial charge in [-0.25, -0.2) is 0 Å². The number of rotatable bonds is 3. The second-order valence-corrected chi connectivity index (χ2v) is 19.7. The Hall–Kier alpha value is -9.10. The fourth-order valence-corrected chi connectivity index (χ4v) is 13.6. The Morgan fingerprint density at radius 2 is 0.563 bits per heavy atom. The number of fused-ring (bicyclic) bond motifs is 23. The summed E-state index contributed by atoms with van der Waals surface area (Å²) in [5, 5.41) is 18.0. The summed E-state index contributed by atoms with van der Waals surface area (Å²) in [5.41, 5.74) is 17.8. The molecule has 0 radical (unpaired) electrons. The average Bonchev–Trinajstić information content (AvgIpc) is 3.94. The van der Waals surface area contributed by atoms with Gasteiger partial charge >= 0.3 is 0 Å². The molecule has 2 aliphatic carbocycles. The van der Waals surface area contributed by atoms with Crippen LogP contribution in [0.25, 0.3) is 131 Å². The smallest absolute Gasteiger partial charge is 0.0619 e. The van der Waals surface area contributed by atoms with Crippen molar-refractivity contribution in [3.63, 3.8) is 0 Å². The van der Waals surface area contributed by atoms with Gasteiger partial charge in [-0.15, -0.1) is 0 Å². The predicted molar refractivity (Wildman–Crippen MR) is 302 cm³/mol. The highest BCUT2D eigenvalue weighted by molar-refractivity contribution is 6.28. The molecule has 0 amide bonds. The normalized spacial score (nSPS) is 13.2. The van der Waals surface area contributed by atoms with E-state index in [4.69, 9.17) is 0 Å². The van der Waals surface area contributed by atoms with Gasteiger partial charge in [-0.05, 0) is 165 Å². The molecule has 0 aromatic heterocycles. The molecule has 0 atom stereocenters. The Labute approximate surface area is 411 Å². The maximum atomic E-state index is 2.48. The summed E-state index contributed by atoms with van der Waals surface area (Å²) in [4.78, 5) is 0. The van der Waals surface area contributed by atoms with Crippen molar-refractivity contribution in [3.8, 4) is 55.6 Å². The summed E-state index contributed by atoms with van der Waals surface area (Å²) in [5.74, 6) is 0. The minimum atomic E-state index is -0.539. The lowest BCUT2D eigenvalue weighted by Gasteiger charge is -2.33. The van der Waals surface area contributed by atoms with Crippen LogP contribution in [0.5, 0.6) is 0 Å². The van der Waals surface area contributed by atoms with Gasteiger partial charge in [-0.2, -0.15) is 0 Å². The molecule has 71 heavy (non-hydrogen) atoms. The van der Waals surface area contributed by atoms with E-state index in [0.29, 0.717) is 0 Å². The Morgan fingerprint density at radius 3 is 1.13 bits per heavy atom. The van der Waals surface area contributed by atoms with E-state index in [1.54, 1.807) is 0 Å². The molecule has 16 rings (SSSR count). The molecule has 0 saturated carbocycles. The van der Waals surface area contributed by atoms with Crippen molar-refractivity contribution in [1.82, 2.24) is 0 Å². The Morgan fingerprint density at radius 1 is 0.197 bits per heavy atom. The summed E-state index contributed by atoms with van der Waals surface area (Å²) in [7, 11) is 0. The topological polar surface area (TPSA) is 0 Å². The van der Waals surface area contributed by atoms with Gasteiger partial charge < -0.3 is 0 Å². The van der Waals surface area contributed by atoms with Crippen molar-refractivity contribution in [3.05, 3.63) is 277 Å². The van der Waals surface area contributed by atoms with Gasteiger partial charge in [0.15, 0.2) is 0 Å². The molecule has 0 aliphatic heterocycles. The fourth-order valence-electron chi connectivity index (χ4n) is 13.6. The van der Waals surface area contributed by atoms with Crippen molar-refractivity contribution in [2.75, 3.05) is 0 Å². The van der Waals surface area contributed by atoms with E-state index in [-0.39, 0.29) is 0 Å². The van der Waals surface area contributed by atoms with Crippen LogP contribution in [0.4, 0.5) is 0 Å². The third-order valence-electron chi connectivity index (χ3n) is 16.4. The quantitative estimate of drug-likeness (QED) is 0.122. The van der Waals surface area contributed by atoms with Crippen molar-refractivity contribution >= 4 is 75.4 Å². The molecule has 0 saturated heterocycles. The van der Waals surface area contributed by atoms with Gasteiger partial charge in [0.25, 0.3) is 0 Å². The molecule has 0 heterocycles. The van der Waals surface area contributed by atoms with Crippen LogP contribution in [-0.2, 0) is 5.41 Å². The first-order chi connectivity index (χ1) is 35.3. The second-order valence-electron chi connectivity index (χ2n) is 19.7. The summed E-state index contributed by atoms with van der Waals surface area (Å²) >= 11 is 0. The molecular weight excluding hydrogens is 853 g/mol. The largest absolute Gasteiger partial charge is 0.0738 e. The highest BCUT2D eigenvalue weighted by Gasteiger charge is 2.54. The molecule has 0 N–H and O–H groups in total. The van der Waals surface area contributed by atoms with Crippen LogP contribution in [0.2, 0.25) is 0 Å². The third kappa shape index (κ3) is 5.13. The minimum Gasteiger partial charge on any atom is -0.0619 e. The molecule has 2 aliphatic rings. The summed E-state index contributed by atoms with van der Waals surface area (Å²) in [6, 6.07) is 96.2. The van der Waals surface area contributed by atoms with Gasteiger partial charge in [0.2, 0.25) is 0 Å².